The van der Waals surface area contributed by atoms with Crippen LogP contribution < -0.4 is 5.32 Å². The molecule has 74 valence electrons. The van der Waals surface area contributed by atoms with Crippen molar-refractivity contribution >= 4 is 17.3 Å². The van der Waals surface area contributed by atoms with Gasteiger partial charge < -0.3 is 10.4 Å². The summed E-state index contributed by atoms with van der Waals surface area (Å²) >= 11 is 0. The molecular formula is C9H10N2O3. The molecule has 5 heteroatoms. The van der Waals surface area contributed by atoms with Crippen molar-refractivity contribution in [3.63, 3.8) is 0 Å². The van der Waals surface area contributed by atoms with Gasteiger partial charge in [-0.05, 0) is 36.4 Å². The molecule has 0 saturated heterocycles. The van der Waals surface area contributed by atoms with E-state index < -0.39 is 12.0 Å². The highest BCUT2D eigenvalue weighted by molar-refractivity contribution is 5.76. The Morgan fingerprint density at radius 2 is 2.00 bits per heavy atom. The Labute approximate surface area is 80.7 Å². The lowest BCUT2D eigenvalue weighted by Crippen LogP contribution is -2.25. The van der Waals surface area contributed by atoms with Crippen molar-refractivity contribution in [3.05, 3.63) is 29.2 Å². The molecule has 0 fully saturated rings. The van der Waals surface area contributed by atoms with Crippen molar-refractivity contribution in [1.82, 2.24) is 0 Å². The van der Waals surface area contributed by atoms with Crippen LogP contribution in [0.25, 0.3) is 0 Å². The maximum atomic E-state index is 10.5. The molecular weight excluding hydrogens is 184 g/mol. The maximum Gasteiger partial charge on any atom is 0.325 e. The van der Waals surface area contributed by atoms with Gasteiger partial charge in [0.2, 0.25) is 0 Å². The number of nitrogens with one attached hydrogen (secondary N) is 1. The molecule has 0 heterocycles. The third kappa shape index (κ3) is 2.55. The van der Waals surface area contributed by atoms with Crippen molar-refractivity contribution in [2.75, 3.05) is 5.32 Å². The first-order valence-corrected chi connectivity index (χ1v) is 4.06. The molecule has 1 atom stereocenters. The van der Waals surface area contributed by atoms with Crippen LogP contribution in [0.5, 0.6) is 0 Å². The van der Waals surface area contributed by atoms with Gasteiger partial charge in [-0.2, -0.15) is 0 Å². The summed E-state index contributed by atoms with van der Waals surface area (Å²) < 4.78 is 0. The van der Waals surface area contributed by atoms with Gasteiger partial charge in [0.1, 0.15) is 11.7 Å². The van der Waals surface area contributed by atoms with E-state index in [4.69, 9.17) is 5.11 Å². The Hall–Kier alpha value is -1.91. The normalized spacial score (nSPS) is 11.8. The SMILES string of the molecule is C[C@H](Nc1ccc(N=O)cc1)C(=O)O. The smallest absolute Gasteiger partial charge is 0.325 e. The van der Waals surface area contributed by atoms with Crippen molar-refractivity contribution in [3.8, 4) is 0 Å². The average molecular weight is 194 g/mol. The molecule has 0 aliphatic heterocycles. The van der Waals surface area contributed by atoms with Crippen LogP contribution >= 0.6 is 0 Å². The second-order valence-electron chi connectivity index (χ2n) is 2.84. The number of nitrogens with zero attached hydrogens (tertiary/aromatic N) is 1. The zero-order chi connectivity index (χ0) is 10.6. The minimum atomic E-state index is -0.928. The van der Waals surface area contributed by atoms with Gasteiger partial charge in [0.05, 0.1) is 0 Å². The predicted octanol–water partition coefficient (Wildman–Crippen LogP) is 1.97. The second kappa shape index (κ2) is 4.36. The van der Waals surface area contributed by atoms with Crippen molar-refractivity contribution in [1.29, 1.82) is 0 Å². The van der Waals surface area contributed by atoms with Crippen molar-refractivity contribution in [2.45, 2.75) is 13.0 Å². The molecule has 0 unspecified atom stereocenters. The lowest BCUT2D eigenvalue weighted by molar-refractivity contribution is -0.137. The van der Waals surface area contributed by atoms with Gasteiger partial charge in [0, 0.05) is 5.69 Å². The van der Waals surface area contributed by atoms with Gasteiger partial charge in [-0.1, -0.05) is 0 Å². The van der Waals surface area contributed by atoms with Gasteiger partial charge in [-0.3, -0.25) is 4.79 Å². The second-order valence-corrected chi connectivity index (χ2v) is 2.84. The van der Waals surface area contributed by atoms with Gasteiger partial charge in [0.25, 0.3) is 0 Å². The molecule has 5 nitrogen and oxygen atoms in total. The van der Waals surface area contributed by atoms with E-state index in [1.165, 1.54) is 19.1 Å². The van der Waals surface area contributed by atoms with Gasteiger partial charge in [0.15, 0.2) is 0 Å². The summed E-state index contributed by atoms with van der Waals surface area (Å²) in [5, 5.41) is 14.1. The highest BCUT2D eigenvalue weighted by Gasteiger charge is 2.09. The third-order valence-corrected chi connectivity index (χ3v) is 1.73. The van der Waals surface area contributed by atoms with Crippen molar-refractivity contribution in [2.24, 2.45) is 5.18 Å². The van der Waals surface area contributed by atoms with Gasteiger partial charge in [-0.15, -0.1) is 4.91 Å². The fourth-order valence-corrected chi connectivity index (χ4v) is 0.930. The van der Waals surface area contributed by atoms with E-state index in [0.717, 1.165) is 0 Å². The molecule has 0 amide bonds. The van der Waals surface area contributed by atoms with Crippen LogP contribution in [0.4, 0.5) is 11.4 Å². The van der Waals surface area contributed by atoms with E-state index in [2.05, 4.69) is 10.5 Å². The molecule has 0 aromatic heterocycles. The number of anilines is 1. The van der Waals surface area contributed by atoms with E-state index >= 15 is 0 Å². The van der Waals surface area contributed by atoms with Gasteiger partial charge in [-0.25, -0.2) is 0 Å². The van der Waals surface area contributed by atoms with E-state index in [1.54, 1.807) is 12.1 Å². The number of carbonyl (C=O) groups is 1. The van der Waals surface area contributed by atoms with E-state index in [0.29, 0.717) is 11.4 Å². The first kappa shape index (κ1) is 10.2. The zero-order valence-corrected chi connectivity index (χ0v) is 7.60. The quantitative estimate of drug-likeness (QED) is 0.718. The Kier molecular flexibility index (Phi) is 3.17. The highest BCUT2D eigenvalue weighted by atomic mass is 16.4. The number of hydrogen-bond donors (Lipinski definition) is 2. The number of aliphatic carboxylic acids is 1. The summed E-state index contributed by atoms with van der Waals surface area (Å²) in [6.45, 7) is 1.54. The van der Waals surface area contributed by atoms with E-state index in [1.807, 2.05) is 0 Å². The highest BCUT2D eigenvalue weighted by Crippen LogP contribution is 2.16. The Morgan fingerprint density at radius 3 is 2.43 bits per heavy atom. The summed E-state index contributed by atoms with van der Waals surface area (Å²) in [6.07, 6.45) is 0. The Bertz CT molecular complexity index is 334. The maximum absolute atomic E-state index is 10.5. The van der Waals surface area contributed by atoms with Crippen LogP contribution in [0, 0.1) is 4.91 Å². The van der Waals surface area contributed by atoms with E-state index in [9.17, 15) is 9.70 Å². The third-order valence-electron chi connectivity index (χ3n) is 1.73. The van der Waals surface area contributed by atoms with Crippen LogP contribution in [-0.2, 0) is 4.79 Å². The zero-order valence-electron chi connectivity index (χ0n) is 7.60. The van der Waals surface area contributed by atoms with Crippen LogP contribution in [0.1, 0.15) is 6.92 Å². The van der Waals surface area contributed by atoms with Crippen molar-refractivity contribution < 1.29 is 9.90 Å². The monoisotopic (exact) mass is 194 g/mol. The van der Waals surface area contributed by atoms with Gasteiger partial charge >= 0.3 is 5.97 Å². The van der Waals surface area contributed by atoms with Crippen LogP contribution in [0.2, 0.25) is 0 Å². The number of rotatable bonds is 4. The van der Waals surface area contributed by atoms with E-state index in [-0.39, 0.29) is 0 Å². The minimum Gasteiger partial charge on any atom is -0.480 e. The molecule has 1 rings (SSSR count). The number of benzene rings is 1. The molecule has 0 bridgehead atoms. The number of carboxylic acids is 1. The van der Waals surface area contributed by atoms with Crippen LogP contribution in [0.15, 0.2) is 29.4 Å². The molecule has 0 radical (unpaired) electrons. The Morgan fingerprint density at radius 1 is 1.43 bits per heavy atom. The number of nitroso groups, excluding NO2 is 1. The fourth-order valence-electron chi connectivity index (χ4n) is 0.930. The molecule has 14 heavy (non-hydrogen) atoms. The molecule has 0 aliphatic rings. The largest absolute Gasteiger partial charge is 0.480 e. The topological polar surface area (TPSA) is 78.8 Å². The lowest BCUT2D eigenvalue weighted by atomic mass is 10.2. The lowest BCUT2D eigenvalue weighted by Gasteiger charge is -2.09. The van der Waals surface area contributed by atoms with Crippen LogP contribution in [-0.4, -0.2) is 17.1 Å². The number of carboxylic acid groups (broad SMARTS) is 1. The summed E-state index contributed by atoms with van der Waals surface area (Å²) in [7, 11) is 0. The first-order valence-electron chi connectivity index (χ1n) is 4.06. The standard InChI is InChI=1S/C9H10N2O3/c1-6(9(12)13)10-7-2-4-8(11-14)5-3-7/h2-6,10H,1H3,(H,12,13)/t6-/m0/s1. The molecule has 0 spiro atoms. The van der Waals surface area contributed by atoms with Crippen LogP contribution in [0.3, 0.4) is 0 Å². The molecule has 1 aromatic carbocycles. The fraction of sp³-hybridized carbons (Fsp3) is 0.222. The summed E-state index contributed by atoms with van der Waals surface area (Å²) in [6, 6.07) is 5.59. The predicted molar refractivity (Wildman–Crippen MR) is 52.6 cm³/mol. The summed E-state index contributed by atoms with van der Waals surface area (Å²) in [5.74, 6) is -0.928. The first-order chi connectivity index (χ1) is 6.63. The molecule has 2 N–H and O–H groups in total. The molecule has 0 saturated carbocycles. The minimum absolute atomic E-state index is 0.318. The summed E-state index contributed by atoms with van der Waals surface area (Å²) in [5.41, 5.74) is 0.964. The average Bonchev–Trinajstić information content (AvgIpc) is 2.19. The summed E-state index contributed by atoms with van der Waals surface area (Å²) in [4.78, 5) is 20.6. The molecule has 1 aromatic rings. The Balaban J connectivity index is 2.68. The molecule has 0 aliphatic carbocycles. The number of hydrogen-bond acceptors (Lipinski definition) is 4.